The van der Waals surface area contributed by atoms with Crippen molar-refractivity contribution in [1.82, 2.24) is 5.32 Å². The van der Waals surface area contributed by atoms with E-state index in [1.807, 2.05) is 13.8 Å². The summed E-state index contributed by atoms with van der Waals surface area (Å²) in [5.74, 6) is -1.35. The van der Waals surface area contributed by atoms with Crippen LogP contribution in [0.3, 0.4) is 0 Å². The predicted molar refractivity (Wildman–Crippen MR) is 77.7 cm³/mol. The number of nitrogens with two attached hydrogens (primary N) is 1. The number of amides is 2. The van der Waals surface area contributed by atoms with Gasteiger partial charge in [0.15, 0.2) is 0 Å². The zero-order valence-electron chi connectivity index (χ0n) is 12.4. The number of carbonyl (C=O) groups is 3. The van der Waals surface area contributed by atoms with Crippen molar-refractivity contribution < 1.29 is 19.1 Å². The zero-order chi connectivity index (χ0) is 16.0. The Morgan fingerprint density at radius 1 is 1.24 bits per heavy atom. The molecule has 114 valence electrons. The normalized spacial score (nSPS) is 11.8. The molecular weight excluding hydrogens is 272 g/mol. The number of nitrogens with one attached hydrogen (secondary N) is 1. The van der Waals surface area contributed by atoms with E-state index in [1.54, 1.807) is 12.1 Å². The second-order valence-electron chi connectivity index (χ2n) is 5.12. The molecular formula is C15H20N2O4. The van der Waals surface area contributed by atoms with Crippen LogP contribution in [-0.2, 0) is 9.53 Å². The lowest BCUT2D eigenvalue weighted by atomic mass is 10.0. The summed E-state index contributed by atoms with van der Waals surface area (Å²) >= 11 is 0. The van der Waals surface area contributed by atoms with E-state index in [1.165, 1.54) is 19.2 Å². The largest absolute Gasteiger partial charge is 0.467 e. The summed E-state index contributed by atoms with van der Waals surface area (Å²) in [6.45, 7) is 3.88. The van der Waals surface area contributed by atoms with Crippen LogP contribution in [-0.4, -0.2) is 30.9 Å². The molecule has 0 bridgehead atoms. The fourth-order valence-electron chi connectivity index (χ4n) is 1.88. The number of primary amides is 1. The van der Waals surface area contributed by atoms with E-state index in [4.69, 9.17) is 5.73 Å². The Morgan fingerprint density at radius 2 is 1.86 bits per heavy atom. The first-order valence-electron chi connectivity index (χ1n) is 6.63. The van der Waals surface area contributed by atoms with Gasteiger partial charge in [-0.1, -0.05) is 19.9 Å². The summed E-state index contributed by atoms with van der Waals surface area (Å²) in [5.41, 5.74) is 5.68. The molecule has 21 heavy (non-hydrogen) atoms. The zero-order valence-corrected chi connectivity index (χ0v) is 12.4. The summed E-state index contributed by atoms with van der Waals surface area (Å²) in [5, 5.41) is 2.62. The van der Waals surface area contributed by atoms with Gasteiger partial charge in [-0.05, 0) is 30.5 Å². The molecule has 1 unspecified atom stereocenters. The molecule has 1 rings (SSSR count). The van der Waals surface area contributed by atoms with Gasteiger partial charge in [0.1, 0.15) is 6.04 Å². The van der Waals surface area contributed by atoms with Crippen LogP contribution >= 0.6 is 0 Å². The molecule has 2 amide bonds. The molecule has 0 aliphatic carbocycles. The summed E-state index contributed by atoms with van der Waals surface area (Å²) in [4.78, 5) is 35.0. The second-order valence-corrected chi connectivity index (χ2v) is 5.12. The molecule has 1 atom stereocenters. The first-order valence-corrected chi connectivity index (χ1v) is 6.63. The molecule has 0 fully saturated rings. The molecule has 0 aromatic heterocycles. The molecule has 1 aromatic rings. The second kappa shape index (κ2) is 7.42. The number of hydrogen-bond donors (Lipinski definition) is 2. The maximum Gasteiger partial charge on any atom is 0.328 e. The van der Waals surface area contributed by atoms with E-state index in [-0.39, 0.29) is 17.0 Å². The van der Waals surface area contributed by atoms with Gasteiger partial charge in [0.05, 0.1) is 7.11 Å². The van der Waals surface area contributed by atoms with Crippen LogP contribution in [0.15, 0.2) is 24.3 Å². The van der Waals surface area contributed by atoms with Gasteiger partial charge in [-0.25, -0.2) is 4.79 Å². The third-order valence-electron chi connectivity index (χ3n) is 2.91. The molecule has 0 heterocycles. The number of esters is 1. The van der Waals surface area contributed by atoms with Crippen molar-refractivity contribution in [3.63, 3.8) is 0 Å². The van der Waals surface area contributed by atoms with Gasteiger partial charge in [-0.3, -0.25) is 9.59 Å². The average Bonchev–Trinajstić information content (AvgIpc) is 2.45. The highest BCUT2D eigenvalue weighted by atomic mass is 16.5. The van der Waals surface area contributed by atoms with Crippen molar-refractivity contribution >= 4 is 17.8 Å². The SMILES string of the molecule is COC(=O)C(CC(C)C)NC(=O)c1cccc(C(N)=O)c1. The summed E-state index contributed by atoms with van der Waals surface area (Å²) < 4.78 is 4.68. The highest BCUT2D eigenvalue weighted by Gasteiger charge is 2.23. The maximum atomic E-state index is 12.2. The van der Waals surface area contributed by atoms with Crippen molar-refractivity contribution in [2.24, 2.45) is 11.7 Å². The number of ether oxygens (including phenoxy) is 1. The number of hydrogen-bond acceptors (Lipinski definition) is 4. The molecule has 6 nitrogen and oxygen atoms in total. The van der Waals surface area contributed by atoms with Crippen LogP contribution in [0, 0.1) is 5.92 Å². The number of carbonyl (C=O) groups excluding carboxylic acids is 3. The minimum Gasteiger partial charge on any atom is -0.467 e. The Kier molecular flexibility index (Phi) is 5.90. The van der Waals surface area contributed by atoms with Crippen molar-refractivity contribution in [3.8, 4) is 0 Å². The minimum absolute atomic E-state index is 0.214. The molecule has 1 aromatic carbocycles. The summed E-state index contributed by atoms with van der Waals surface area (Å²) in [6.07, 6.45) is 0.466. The molecule has 0 saturated carbocycles. The van der Waals surface area contributed by atoms with Gasteiger partial charge >= 0.3 is 5.97 Å². The minimum atomic E-state index is -0.722. The van der Waals surface area contributed by atoms with Gasteiger partial charge in [0.2, 0.25) is 5.91 Å². The third-order valence-corrected chi connectivity index (χ3v) is 2.91. The van der Waals surface area contributed by atoms with Crippen LogP contribution in [0.4, 0.5) is 0 Å². The highest BCUT2D eigenvalue weighted by Crippen LogP contribution is 2.09. The van der Waals surface area contributed by atoms with Gasteiger partial charge in [0, 0.05) is 11.1 Å². The van der Waals surface area contributed by atoms with Gasteiger partial charge in [-0.15, -0.1) is 0 Å². The summed E-state index contributed by atoms with van der Waals surface area (Å²) in [7, 11) is 1.27. The van der Waals surface area contributed by atoms with Gasteiger partial charge < -0.3 is 15.8 Å². The van der Waals surface area contributed by atoms with E-state index in [2.05, 4.69) is 10.1 Å². The standard InChI is InChI=1S/C15H20N2O4/c1-9(2)7-12(15(20)21-3)17-14(19)11-6-4-5-10(8-11)13(16)18/h4-6,8-9,12H,7H2,1-3H3,(H2,16,18)(H,17,19). The van der Waals surface area contributed by atoms with Crippen LogP contribution in [0.5, 0.6) is 0 Å². The van der Waals surface area contributed by atoms with E-state index in [9.17, 15) is 14.4 Å². The maximum absolute atomic E-state index is 12.2. The van der Waals surface area contributed by atoms with Crippen LogP contribution in [0.2, 0.25) is 0 Å². The third kappa shape index (κ3) is 4.91. The molecule has 0 spiro atoms. The number of methoxy groups -OCH3 is 1. The lowest BCUT2D eigenvalue weighted by molar-refractivity contribution is -0.143. The van der Waals surface area contributed by atoms with Gasteiger partial charge in [-0.2, -0.15) is 0 Å². The quantitative estimate of drug-likeness (QED) is 0.767. The van der Waals surface area contributed by atoms with E-state index < -0.39 is 23.8 Å². The Labute approximate surface area is 123 Å². The number of benzene rings is 1. The lowest BCUT2D eigenvalue weighted by Crippen LogP contribution is -2.42. The molecule has 0 aliphatic rings. The monoisotopic (exact) mass is 292 g/mol. The smallest absolute Gasteiger partial charge is 0.328 e. The van der Waals surface area contributed by atoms with E-state index in [0.29, 0.717) is 6.42 Å². The molecule has 0 aliphatic heterocycles. The Balaban J connectivity index is 2.88. The highest BCUT2D eigenvalue weighted by molar-refractivity contribution is 6.00. The lowest BCUT2D eigenvalue weighted by Gasteiger charge is -2.18. The molecule has 3 N–H and O–H groups in total. The Bertz CT molecular complexity index is 540. The van der Waals surface area contributed by atoms with Crippen molar-refractivity contribution in [1.29, 1.82) is 0 Å². The van der Waals surface area contributed by atoms with Crippen molar-refractivity contribution in [2.45, 2.75) is 26.3 Å². The number of rotatable bonds is 6. The first-order chi connectivity index (χ1) is 9.85. The van der Waals surface area contributed by atoms with E-state index in [0.717, 1.165) is 0 Å². The van der Waals surface area contributed by atoms with Crippen LogP contribution < -0.4 is 11.1 Å². The molecule has 6 heteroatoms. The predicted octanol–water partition coefficient (Wildman–Crippen LogP) is 1.10. The Morgan fingerprint density at radius 3 is 2.38 bits per heavy atom. The Hall–Kier alpha value is -2.37. The van der Waals surface area contributed by atoms with Crippen molar-refractivity contribution in [2.75, 3.05) is 7.11 Å². The fraction of sp³-hybridized carbons (Fsp3) is 0.400. The molecule has 0 radical (unpaired) electrons. The van der Waals surface area contributed by atoms with E-state index >= 15 is 0 Å². The topological polar surface area (TPSA) is 98.5 Å². The van der Waals surface area contributed by atoms with Crippen LogP contribution in [0.25, 0.3) is 0 Å². The summed E-state index contributed by atoms with van der Waals surface area (Å²) in [6, 6.07) is 5.29. The van der Waals surface area contributed by atoms with Gasteiger partial charge in [0.25, 0.3) is 5.91 Å². The van der Waals surface area contributed by atoms with Crippen LogP contribution in [0.1, 0.15) is 41.0 Å². The fourth-order valence-corrected chi connectivity index (χ4v) is 1.88. The average molecular weight is 292 g/mol. The first kappa shape index (κ1) is 16.7. The van der Waals surface area contributed by atoms with Crippen molar-refractivity contribution in [3.05, 3.63) is 35.4 Å². The molecule has 0 saturated heterocycles.